The summed E-state index contributed by atoms with van der Waals surface area (Å²) in [7, 11) is 0. The standard InChI is InChI=1S/C13H26N2O2/c1-3-4-8-15(9-10-16)12(17)13(2)7-5-6-11(13)14/h11,16H,3-10,14H2,1-2H3. The number of nitrogens with two attached hydrogens (primary N) is 1. The van der Waals surface area contributed by atoms with Crippen LogP contribution in [0.2, 0.25) is 0 Å². The topological polar surface area (TPSA) is 66.6 Å². The quantitative estimate of drug-likeness (QED) is 0.733. The highest BCUT2D eigenvalue weighted by atomic mass is 16.3. The molecule has 0 spiro atoms. The van der Waals surface area contributed by atoms with Crippen LogP contribution in [0.3, 0.4) is 0 Å². The maximum atomic E-state index is 12.5. The van der Waals surface area contributed by atoms with Gasteiger partial charge in [0.1, 0.15) is 0 Å². The lowest BCUT2D eigenvalue weighted by Crippen LogP contribution is -2.50. The van der Waals surface area contributed by atoms with E-state index >= 15 is 0 Å². The number of hydrogen-bond acceptors (Lipinski definition) is 3. The zero-order chi connectivity index (χ0) is 12.9. The molecule has 2 atom stereocenters. The van der Waals surface area contributed by atoms with Gasteiger partial charge < -0.3 is 15.7 Å². The van der Waals surface area contributed by atoms with E-state index in [2.05, 4.69) is 6.92 Å². The maximum absolute atomic E-state index is 12.5. The molecule has 3 N–H and O–H groups in total. The summed E-state index contributed by atoms with van der Waals surface area (Å²) in [6.45, 7) is 5.27. The molecule has 0 aromatic heterocycles. The second-order valence-corrected chi connectivity index (χ2v) is 5.29. The molecular weight excluding hydrogens is 216 g/mol. The smallest absolute Gasteiger partial charge is 0.230 e. The molecule has 0 aliphatic heterocycles. The summed E-state index contributed by atoms with van der Waals surface area (Å²) < 4.78 is 0. The molecule has 0 heterocycles. The van der Waals surface area contributed by atoms with Gasteiger partial charge >= 0.3 is 0 Å². The predicted molar refractivity (Wildman–Crippen MR) is 68.5 cm³/mol. The van der Waals surface area contributed by atoms with Gasteiger partial charge in [-0.2, -0.15) is 0 Å². The number of hydrogen-bond donors (Lipinski definition) is 2. The Morgan fingerprint density at radius 1 is 1.53 bits per heavy atom. The third-order valence-corrected chi connectivity index (χ3v) is 3.96. The van der Waals surface area contributed by atoms with Gasteiger partial charge in [0.25, 0.3) is 0 Å². The highest BCUT2D eigenvalue weighted by Crippen LogP contribution is 2.38. The number of nitrogens with zero attached hydrogens (tertiary/aromatic N) is 1. The van der Waals surface area contributed by atoms with Crippen LogP contribution >= 0.6 is 0 Å². The zero-order valence-electron chi connectivity index (χ0n) is 11.1. The number of rotatable bonds is 6. The van der Waals surface area contributed by atoms with Gasteiger partial charge in [-0.25, -0.2) is 0 Å². The molecule has 0 bridgehead atoms. The molecule has 100 valence electrons. The second kappa shape index (κ2) is 6.36. The Hall–Kier alpha value is -0.610. The summed E-state index contributed by atoms with van der Waals surface area (Å²) in [6, 6.07) is -0.0298. The summed E-state index contributed by atoms with van der Waals surface area (Å²) in [5.41, 5.74) is 5.65. The van der Waals surface area contributed by atoms with Crippen molar-refractivity contribution in [2.45, 2.75) is 52.0 Å². The molecule has 4 heteroatoms. The summed E-state index contributed by atoms with van der Waals surface area (Å²) in [5, 5.41) is 9.05. The zero-order valence-corrected chi connectivity index (χ0v) is 11.1. The van der Waals surface area contributed by atoms with Gasteiger partial charge in [-0.3, -0.25) is 4.79 Å². The molecule has 1 aliphatic carbocycles. The van der Waals surface area contributed by atoms with E-state index in [4.69, 9.17) is 10.8 Å². The number of aliphatic hydroxyl groups is 1. The van der Waals surface area contributed by atoms with Crippen molar-refractivity contribution in [3.8, 4) is 0 Å². The van der Waals surface area contributed by atoms with Crippen molar-refractivity contribution in [2.75, 3.05) is 19.7 Å². The Morgan fingerprint density at radius 3 is 2.71 bits per heavy atom. The third kappa shape index (κ3) is 3.19. The minimum absolute atomic E-state index is 0.0285. The number of amides is 1. The molecule has 1 rings (SSSR count). The summed E-state index contributed by atoms with van der Waals surface area (Å²) in [5.74, 6) is 0.130. The molecule has 0 aromatic rings. The van der Waals surface area contributed by atoms with Gasteiger partial charge in [0.2, 0.25) is 5.91 Å². The van der Waals surface area contributed by atoms with E-state index in [1.54, 1.807) is 4.90 Å². The first-order valence-electron chi connectivity index (χ1n) is 6.72. The minimum Gasteiger partial charge on any atom is -0.395 e. The fourth-order valence-electron chi connectivity index (χ4n) is 2.60. The fraction of sp³-hybridized carbons (Fsp3) is 0.923. The molecule has 1 saturated carbocycles. The summed E-state index contributed by atoms with van der Waals surface area (Å²) in [6.07, 6.45) is 4.88. The lowest BCUT2D eigenvalue weighted by molar-refractivity contribution is -0.142. The van der Waals surface area contributed by atoms with E-state index in [-0.39, 0.29) is 18.6 Å². The first kappa shape index (κ1) is 14.5. The fourth-order valence-corrected chi connectivity index (χ4v) is 2.60. The highest BCUT2D eigenvalue weighted by Gasteiger charge is 2.44. The second-order valence-electron chi connectivity index (χ2n) is 5.29. The minimum atomic E-state index is -0.414. The molecule has 0 saturated heterocycles. The van der Waals surface area contributed by atoms with Crippen molar-refractivity contribution in [3.63, 3.8) is 0 Å². The van der Waals surface area contributed by atoms with Crippen LogP contribution in [0.4, 0.5) is 0 Å². The van der Waals surface area contributed by atoms with E-state index in [1.807, 2.05) is 6.92 Å². The van der Waals surface area contributed by atoms with Gasteiger partial charge in [-0.05, 0) is 26.2 Å². The lowest BCUT2D eigenvalue weighted by Gasteiger charge is -2.34. The predicted octanol–water partition coefficient (Wildman–Crippen LogP) is 1.12. The monoisotopic (exact) mass is 242 g/mol. The van der Waals surface area contributed by atoms with Gasteiger partial charge in [0.15, 0.2) is 0 Å². The van der Waals surface area contributed by atoms with Crippen LogP contribution < -0.4 is 5.73 Å². The Labute approximate surface area is 104 Å². The molecule has 4 nitrogen and oxygen atoms in total. The maximum Gasteiger partial charge on any atom is 0.230 e. The molecule has 2 unspecified atom stereocenters. The van der Waals surface area contributed by atoms with Crippen LogP contribution in [-0.4, -0.2) is 41.7 Å². The molecule has 0 aromatic carbocycles. The van der Waals surface area contributed by atoms with Crippen LogP contribution in [-0.2, 0) is 4.79 Å². The molecular formula is C13H26N2O2. The Bertz CT molecular complexity index is 258. The summed E-state index contributed by atoms with van der Waals surface area (Å²) >= 11 is 0. The van der Waals surface area contributed by atoms with Crippen molar-refractivity contribution in [1.82, 2.24) is 4.90 Å². The van der Waals surface area contributed by atoms with E-state index < -0.39 is 5.41 Å². The van der Waals surface area contributed by atoms with Crippen molar-refractivity contribution >= 4 is 5.91 Å². The van der Waals surface area contributed by atoms with Gasteiger partial charge in [0.05, 0.1) is 12.0 Å². The highest BCUT2D eigenvalue weighted by molar-refractivity contribution is 5.83. The molecule has 1 aliphatic rings. The third-order valence-electron chi connectivity index (χ3n) is 3.96. The van der Waals surface area contributed by atoms with Gasteiger partial charge in [0, 0.05) is 19.1 Å². The van der Waals surface area contributed by atoms with Gasteiger partial charge in [-0.15, -0.1) is 0 Å². The number of carbonyl (C=O) groups excluding carboxylic acids is 1. The average Bonchev–Trinajstić information content (AvgIpc) is 2.65. The van der Waals surface area contributed by atoms with E-state index in [9.17, 15) is 4.79 Å². The van der Waals surface area contributed by atoms with Crippen LogP contribution in [0.5, 0.6) is 0 Å². The Kier molecular flexibility index (Phi) is 5.40. The van der Waals surface area contributed by atoms with Crippen LogP contribution in [0.15, 0.2) is 0 Å². The Morgan fingerprint density at radius 2 is 2.24 bits per heavy atom. The molecule has 0 radical (unpaired) electrons. The summed E-state index contributed by atoms with van der Waals surface area (Å²) in [4.78, 5) is 14.3. The van der Waals surface area contributed by atoms with Crippen molar-refractivity contribution < 1.29 is 9.90 Å². The van der Waals surface area contributed by atoms with Crippen molar-refractivity contribution in [1.29, 1.82) is 0 Å². The van der Waals surface area contributed by atoms with Crippen molar-refractivity contribution in [3.05, 3.63) is 0 Å². The molecule has 17 heavy (non-hydrogen) atoms. The first-order valence-corrected chi connectivity index (χ1v) is 6.72. The normalized spacial score (nSPS) is 28.4. The Balaban J connectivity index is 2.68. The number of unbranched alkanes of at least 4 members (excludes halogenated alkanes) is 1. The van der Waals surface area contributed by atoms with Crippen LogP contribution in [0, 0.1) is 5.41 Å². The molecule has 1 amide bonds. The largest absolute Gasteiger partial charge is 0.395 e. The SMILES string of the molecule is CCCCN(CCO)C(=O)C1(C)CCCC1N. The van der Waals surface area contributed by atoms with Gasteiger partial charge in [-0.1, -0.05) is 19.8 Å². The molecule has 1 fully saturated rings. The van der Waals surface area contributed by atoms with Crippen LogP contribution in [0.25, 0.3) is 0 Å². The number of carbonyl (C=O) groups is 1. The first-order chi connectivity index (χ1) is 8.06. The van der Waals surface area contributed by atoms with E-state index in [0.717, 1.165) is 38.6 Å². The lowest BCUT2D eigenvalue weighted by atomic mass is 9.83. The number of aliphatic hydroxyl groups excluding tert-OH is 1. The van der Waals surface area contributed by atoms with E-state index in [0.29, 0.717) is 6.54 Å². The van der Waals surface area contributed by atoms with E-state index in [1.165, 1.54) is 0 Å². The average molecular weight is 242 g/mol. The van der Waals surface area contributed by atoms with Crippen molar-refractivity contribution in [2.24, 2.45) is 11.1 Å². The van der Waals surface area contributed by atoms with Crippen LogP contribution in [0.1, 0.15) is 46.0 Å².